The summed E-state index contributed by atoms with van der Waals surface area (Å²) in [5.74, 6) is 0. The summed E-state index contributed by atoms with van der Waals surface area (Å²) < 4.78 is 1.28. The van der Waals surface area contributed by atoms with Gasteiger partial charge in [0.05, 0.1) is 3.79 Å². The topological polar surface area (TPSA) is 12.0 Å². The summed E-state index contributed by atoms with van der Waals surface area (Å²) in [5.41, 5.74) is 4.61. The molecule has 1 heterocycles. The molecule has 2 aliphatic carbocycles. The maximum atomic E-state index is 3.92. The molecule has 0 bridgehead atoms. The lowest BCUT2D eigenvalue weighted by molar-refractivity contribution is 0.403. The van der Waals surface area contributed by atoms with Gasteiger partial charge in [-0.15, -0.1) is 11.3 Å². The van der Waals surface area contributed by atoms with Gasteiger partial charge >= 0.3 is 0 Å². The maximum Gasteiger partial charge on any atom is 0.0704 e. The molecule has 20 heavy (non-hydrogen) atoms. The minimum absolute atomic E-state index is 0.556. The quantitative estimate of drug-likeness (QED) is 0.833. The van der Waals surface area contributed by atoms with Crippen molar-refractivity contribution in [2.24, 2.45) is 0 Å². The number of thiophene rings is 1. The molecule has 0 saturated heterocycles. The lowest BCUT2D eigenvalue weighted by Gasteiger charge is -2.27. The zero-order chi connectivity index (χ0) is 13.5. The van der Waals surface area contributed by atoms with Crippen molar-refractivity contribution in [1.82, 2.24) is 5.32 Å². The van der Waals surface area contributed by atoms with Gasteiger partial charge in [0, 0.05) is 17.0 Å². The highest BCUT2D eigenvalue weighted by atomic mass is 79.9. The Bertz CT molecular complexity index is 609. The SMILES string of the molecule is Brc1cc2c(s1)CCCC2NC1Cc2ccccc2C1. The van der Waals surface area contributed by atoms with E-state index in [-0.39, 0.29) is 0 Å². The average molecular weight is 348 g/mol. The molecule has 3 heteroatoms. The summed E-state index contributed by atoms with van der Waals surface area (Å²) in [6.07, 6.45) is 6.23. The van der Waals surface area contributed by atoms with Gasteiger partial charge in [-0.2, -0.15) is 0 Å². The molecular formula is C17H18BrNS. The van der Waals surface area contributed by atoms with Crippen molar-refractivity contribution in [1.29, 1.82) is 0 Å². The smallest absolute Gasteiger partial charge is 0.0704 e. The second kappa shape index (κ2) is 5.28. The lowest BCUT2D eigenvalue weighted by Crippen LogP contribution is -2.34. The number of aryl methyl sites for hydroxylation is 1. The van der Waals surface area contributed by atoms with Crippen molar-refractivity contribution in [3.63, 3.8) is 0 Å². The highest BCUT2D eigenvalue weighted by Crippen LogP contribution is 2.38. The molecule has 0 radical (unpaired) electrons. The molecule has 1 nitrogen and oxygen atoms in total. The Morgan fingerprint density at radius 2 is 1.90 bits per heavy atom. The molecule has 0 spiro atoms. The number of halogens is 1. The zero-order valence-electron chi connectivity index (χ0n) is 11.4. The van der Waals surface area contributed by atoms with E-state index in [1.165, 1.54) is 47.0 Å². The third kappa shape index (κ3) is 2.36. The first-order valence-corrected chi connectivity index (χ1v) is 9.01. The number of fused-ring (bicyclic) bond motifs is 2. The Morgan fingerprint density at radius 3 is 2.65 bits per heavy atom. The van der Waals surface area contributed by atoms with E-state index in [0.29, 0.717) is 12.1 Å². The van der Waals surface area contributed by atoms with Crippen LogP contribution >= 0.6 is 27.3 Å². The molecule has 0 fully saturated rings. The number of nitrogens with one attached hydrogen (secondary N) is 1. The molecule has 1 unspecified atom stereocenters. The summed E-state index contributed by atoms with van der Waals surface area (Å²) in [7, 11) is 0. The Kier molecular flexibility index (Phi) is 3.45. The van der Waals surface area contributed by atoms with Gasteiger partial charge in [0.25, 0.3) is 0 Å². The van der Waals surface area contributed by atoms with E-state index >= 15 is 0 Å². The van der Waals surface area contributed by atoms with Gasteiger partial charge in [-0.25, -0.2) is 0 Å². The van der Waals surface area contributed by atoms with Crippen molar-refractivity contribution in [3.8, 4) is 0 Å². The molecule has 4 rings (SSSR count). The third-order valence-electron chi connectivity index (χ3n) is 4.57. The van der Waals surface area contributed by atoms with E-state index < -0.39 is 0 Å². The first kappa shape index (κ1) is 13.1. The van der Waals surface area contributed by atoms with Crippen LogP contribution < -0.4 is 5.32 Å². The van der Waals surface area contributed by atoms with Crippen molar-refractivity contribution >= 4 is 27.3 Å². The molecular weight excluding hydrogens is 330 g/mol. The Balaban J connectivity index is 1.52. The Hall–Kier alpha value is -0.640. The summed E-state index contributed by atoms with van der Waals surface area (Å²) in [4.78, 5) is 1.58. The largest absolute Gasteiger partial charge is 0.306 e. The summed E-state index contributed by atoms with van der Waals surface area (Å²) in [6.45, 7) is 0. The predicted molar refractivity (Wildman–Crippen MR) is 88.5 cm³/mol. The summed E-state index contributed by atoms with van der Waals surface area (Å²) in [6, 6.07) is 12.4. The van der Waals surface area contributed by atoms with Crippen molar-refractivity contribution < 1.29 is 0 Å². The minimum atomic E-state index is 0.556. The normalized spacial score (nSPS) is 21.8. The van der Waals surface area contributed by atoms with Crippen LogP contribution in [-0.2, 0) is 19.3 Å². The predicted octanol–water partition coefficient (Wildman–Crippen LogP) is 4.65. The van der Waals surface area contributed by atoms with Crippen LogP contribution in [0.3, 0.4) is 0 Å². The van der Waals surface area contributed by atoms with Gasteiger partial charge in [0.2, 0.25) is 0 Å². The number of rotatable bonds is 2. The first-order valence-electron chi connectivity index (χ1n) is 7.40. The standard InChI is InChI=1S/C17H18BrNS/c18-17-10-14-15(6-3-7-16(14)20-17)19-13-8-11-4-1-2-5-12(11)9-13/h1-2,4-5,10,13,15,19H,3,6-9H2. The van der Waals surface area contributed by atoms with Crippen LogP contribution in [0.2, 0.25) is 0 Å². The van der Waals surface area contributed by atoms with Gasteiger partial charge in [0.15, 0.2) is 0 Å². The van der Waals surface area contributed by atoms with E-state index in [1.807, 2.05) is 11.3 Å². The van der Waals surface area contributed by atoms with Gasteiger partial charge in [-0.05, 0) is 70.8 Å². The van der Waals surface area contributed by atoms with Crippen molar-refractivity contribution in [3.05, 3.63) is 55.7 Å². The van der Waals surface area contributed by atoms with Crippen LogP contribution in [0.25, 0.3) is 0 Å². The van der Waals surface area contributed by atoms with Crippen molar-refractivity contribution in [2.45, 2.75) is 44.2 Å². The molecule has 1 aromatic carbocycles. The van der Waals surface area contributed by atoms with Gasteiger partial charge < -0.3 is 5.32 Å². The first-order chi connectivity index (χ1) is 9.79. The fourth-order valence-electron chi connectivity index (χ4n) is 3.66. The van der Waals surface area contributed by atoms with E-state index in [4.69, 9.17) is 0 Å². The van der Waals surface area contributed by atoms with Crippen LogP contribution in [0.1, 0.15) is 40.5 Å². The Labute approximate surface area is 132 Å². The second-order valence-corrected chi connectivity index (χ2v) is 8.43. The molecule has 0 saturated carbocycles. The number of benzene rings is 1. The molecule has 1 atom stereocenters. The highest BCUT2D eigenvalue weighted by Gasteiger charge is 2.27. The Morgan fingerprint density at radius 1 is 1.15 bits per heavy atom. The summed E-state index contributed by atoms with van der Waals surface area (Å²) in [5, 5.41) is 3.92. The fraction of sp³-hybridized carbons (Fsp3) is 0.412. The van der Waals surface area contributed by atoms with Crippen molar-refractivity contribution in [2.75, 3.05) is 0 Å². The van der Waals surface area contributed by atoms with Crippen LogP contribution in [-0.4, -0.2) is 6.04 Å². The maximum absolute atomic E-state index is 3.92. The molecule has 2 aliphatic rings. The van der Waals surface area contributed by atoms with E-state index in [9.17, 15) is 0 Å². The number of hydrogen-bond acceptors (Lipinski definition) is 2. The molecule has 2 aromatic rings. The van der Waals surface area contributed by atoms with Crippen LogP contribution in [0.15, 0.2) is 34.1 Å². The van der Waals surface area contributed by atoms with Crippen LogP contribution in [0, 0.1) is 0 Å². The monoisotopic (exact) mass is 347 g/mol. The van der Waals surface area contributed by atoms with Gasteiger partial charge in [0.1, 0.15) is 0 Å². The summed E-state index contributed by atoms with van der Waals surface area (Å²) >= 11 is 5.56. The molecule has 0 amide bonds. The average Bonchev–Trinajstić information content (AvgIpc) is 3.01. The van der Waals surface area contributed by atoms with Gasteiger partial charge in [-0.3, -0.25) is 0 Å². The molecule has 104 valence electrons. The highest BCUT2D eigenvalue weighted by molar-refractivity contribution is 9.11. The van der Waals surface area contributed by atoms with Gasteiger partial charge in [-0.1, -0.05) is 24.3 Å². The fourth-order valence-corrected chi connectivity index (χ4v) is 5.48. The van der Waals surface area contributed by atoms with Crippen LogP contribution in [0.5, 0.6) is 0 Å². The zero-order valence-corrected chi connectivity index (χ0v) is 13.8. The second-order valence-electron chi connectivity index (χ2n) is 5.91. The van der Waals surface area contributed by atoms with Crippen LogP contribution in [0.4, 0.5) is 0 Å². The third-order valence-corrected chi connectivity index (χ3v) is 6.29. The molecule has 0 aliphatic heterocycles. The minimum Gasteiger partial charge on any atom is -0.306 e. The van der Waals surface area contributed by atoms with E-state index in [0.717, 1.165) is 0 Å². The lowest BCUT2D eigenvalue weighted by atomic mass is 9.93. The molecule has 1 N–H and O–H groups in total. The number of hydrogen-bond donors (Lipinski definition) is 1. The molecule has 1 aromatic heterocycles. The van der Waals surface area contributed by atoms with E-state index in [2.05, 4.69) is 51.6 Å². The van der Waals surface area contributed by atoms with E-state index in [1.54, 1.807) is 10.4 Å².